The molecular formula is C27H30ClN3O3. The number of piperidine rings is 1. The zero-order valence-electron chi connectivity index (χ0n) is 19.3. The van der Waals surface area contributed by atoms with E-state index in [1.165, 1.54) is 0 Å². The molecular weight excluding hydrogens is 450 g/mol. The van der Waals surface area contributed by atoms with Crippen molar-refractivity contribution in [3.63, 3.8) is 0 Å². The topological polar surface area (TPSA) is 65.8 Å². The number of benzene rings is 2. The molecule has 4 rings (SSSR count). The van der Waals surface area contributed by atoms with Gasteiger partial charge in [-0.1, -0.05) is 54.1 Å². The van der Waals surface area contributed by atoms with Crippen molar-refractivity contribution >= 4 is 23.4 Å². The highest BCUT2D eigenvalue weighted by Gasteiger charge is 2.30. The summed E-state index contributed by atoms with van der Waals surface area (Å²) in [6.45, 7) is 2.30. The standard InChI is InChI=1S/C27H30ClN3O3/c1-30-15-13-21(14-16-30)31(19-22-10-7-17-34-22)26(32)18-25(20-8-3-2-4-9-20)29-27(33)23-11-5-6-12-24(23)28/h2-12,17,21,25H,13-16,18-19H2,1H3,(H,29,33). The van der Waals surface area contributed by atoms with E-state index in [4.69, 9.17) is 16.0 Å². The number of hydrogen-bond donors (Lipinski definition) is 1. The zero-order chi connectivity index (χ0) is 23.9. The predicted molar refractivity (Wildman–Crippen MR) is 132 cm³/mol. The molecule has 1 aliphatic rings. The number of amides is 2. The molecule has 1 saturated heterocycles. The van der Waals surface area contributed by atoms with E-state index in [1.54, 1.807) is 30.5 Å². The number of nitrogens with one attached hydrogen (secondary N) is 1. The first-order valence-corrected chi connectivity index (χ1v) is 12.0. The Labute approximate surface area is 205 Å². The molecule has 0 bridgehead atoms. The van der Waals surface area contributed by atoms with Gasteiger partial charge in [0.25, 0.3) is 5.91 Å². The molecule has 1 N–H and O–H groups in total. The largest absolute Gasteiger partial charge is 0.467 e. The number of nitrogens with zero attached hydrogens (tertiary/aromatic N) is 2. The van der Waals surface area contributed by atoms with E-state index in [1.807, 2.05) is 47.4 Å². The number of likely N-dealkylation sites (tertiary alicyclic amines) is 1. The lowest BCUT2D eigenvalue weighted by Gasteiger charge is -2.37. The predicted octanol–water partition coefficient (Wildman–Crippen LogP) is 4.92. The van der Waals surface area contributed by atoms with Gasteiger partial charge in [0.2, 0.25) is 5.91 Å². The van der Waals surface area contributed by atoms with Crippen molar-refractivity contribution in [2.45, 2.75) is 37.9 Å². The Morgan fingerprint density at radius 1 is 1.06 bits per heavy atom. The Morgan fingerprint density at radius 2 is 1.76 bits per heavy atom. The fourth-order valence-corrected chi connectivity index (χ4v) is 4.63. The summed E-state index contributed by atoms with van der Waals surface area (Å²) in [5.74, 6) is 0.437. The van der Waals surface area contributed by atoms with Crippen molar-refractivity contribution in [2.75, 3.05) is 20.1 Å². The third kappa shape index (κ3) is 6.07. The van der Waals surface area contributed by atoms with Crippen LogP contribution in [0.2, 0.25) is 5.02 Å². The average molecular weight is 480 g/mol. The van der Waals surface area contributed by atoms with Crippen molar-refractivity contribution in [1.29, 1.82) is 0 Å². The van der Waals surface area contributed by atoms with Gasteiger partial charge in [0.1, 0.15) is 5.76 Å². The number of rotatable bonds is 8. The second-order valence-corrected chi connectivity index (χ2v) is 9.16. The summed E-state index contributed by atoms with van der Waals surface area (Å²) in [5.41, 5.74) is 1.26. The molecule has 1 atom stereocenters. The summed E-state index contributed by atoms with van der Waals surface area (Å²) >= 11 is 6.25. The maximum Gasteiger partial charge on any atom is 0.253 e. The Morgan fingerprint density at radius 3 is 2.44 bits per heavy atom. The lowest BCUT2D eigenvalue weighted by molar-refractivity contribution is -0.136. The summed E-state index contributed by atoms with van der Waals surface area (Å²) in [6.07, 6.45) is 3.59. The smallest absolute Gasteiger partial charge is 0.253 e. The van der Waals surface area contributed by atoms with Gasteiger partial charge in [-0.05, 0) is 62.8 Å². The normalized spacial score (nSPS) is 15.6. The minimum Gasteiger partial charge on any atom is -0.467 e. The quantitative estimate of drug-likeness (QED) is 0.498. The van der Waals surface area contributed by atoms with Gasteiger partial charge < -0.3 is 19.5 Å². The van der Waals surface area contributed by atoms with Gasteiger partial charge in [-0.25, -0.2) is 0 Å². The van der Waals surface area contributed by atoms with E-state index in [0.29, 0.717) is 17.1 Å². The molecule has 0 aliphatic carbocycles. The van der Waals surface area contributed by atoms with Crippen LogP contribution in [0.1, 0.15) is 47.0 Å². The van der Waals surface area contributed by atoms with Crippen molar-refractivity contribution in [1.82, 2.24) is 15.1 Å². The molecule has 178 valence electrons. The van der Waals surface area contributed by atoms with E-state index in [-0.39, 0.29) is 24.3 Å². The third-order valence-corrected chi connectivity index (χ3v) is 6.69. The number of halogens is 1. The number of carbonyl (C=O) groups is 2. The Kier molecular flexibility index (Phi) is 8.03. The highest BCUT2D eigenvalue weighted by atomic mass is 35.5. The van der Waals surface area contributed by atoms with Crippen molar-refractivity contribution in [2.24, 2.45) is 0 Å². The molecule has 7 heteroatoms. The van der Waals surface area contributed by atoms with E-state index in [9.17, 15) is 9.59 Å². The van der Waals surface area contributed by atoms with Crippen molar-refractivity contribution in [3.05, 3.63) is 94.9 Å². The first-order valence-electron chi connectivity index (χ1n) is 11.6. The molecule has 1 aromatic heterocycles. The van der Waals surface area contributed by atoms with Crippen molar-refractivity contribution < 1.29 is 14.0 Å². The van der Waals surface area contributed by atoms with Crippen LogP contribution < -0.4 is 5.32 Å². The fourth-order valence-electron chi connectivity index (χ4n) is 4.41. The van der Waals surface area contributed by atoms with Crippen molar-refractivity contribution in [3.8, 4) is 0 Å². The van der Waals surface area contributed by atoms with Gasteiger partial charge in [-0.15, -0.1) is 0 Å². The SMILES string of the molecule is CN1CCC(N(Cc2ccco2)C(=O)CC(NC(=O)c2ccccc2Cl)c2ccccc2)CC1. The number of carbonyl (C=O) groups excluding carboxylic acids is 2. The van der Waals surface area contributed by atoms with Crippen LogP contribution in [0.25, 0.3) is 0 Å². The molecule has 0 spiro atoms. The maximum absolute atomic E-state index is 13.7. The second kappa shape index (κ2) is 11.4. The van der Waals surface area contributed by atoms with Gasteiger partial charge in [0.15, 0.2) is 0 Å². The molecule has 1 fully saturated rings. The summed E-state index contributed by atoms with van der Waals surface area (Å²) in [5, 5.41) is 3.42. The molecule has 2 aromatic carbocycles. The Balaban J connectivity index is 1.56. The van der Waals surface area contributed by atoms with Crippen LogP contribution in [0.15, 0.2) is 77.4 Å². The summed E-state index contributed by atoms with van der Waals surface area (Å²) in [6, 6.07) is 19.9. The first kappa shape index (κ1) is 24.0. The lowest BCUT2D eigenvalue weighted by Crippen LogP contribution is -2.47. The van der Waals surface area contributed by atoms with E-state index in [2.05, 4.69) is 17.3 Å². The van der Waals surface area contributed by atoms with Crippen LogP contribution in [-0.2, 0) is 11.3 Å². The molecule has 2 heterocycles. The van der Waals surface area contributed by atoms with Gasteiger partial charge in [-0.2, -0.15) is 0 Å². The minimum atomic E-state index is -0.483. The minimum absolute atomic E-state index is 0.0146. The van der Waals surface area contributed by atoms with Gasteiger partial charge >= 0.3 is 0 Å². The van der Waals surface area contributed by atoms with Crippen LogP contribution in [0.4, 0.5) is 0 Å². The summed E-state index contributed by atoms with van der Waals surface area (Å²) < 4.78 is 5.56. The van der Waals surface area contributed by atoms with Gasteiger partial charge in [0, 0.05) is 6.04 Å². The summed E-state index contributed by atoms with van der Waals surface area (Å²) in [7, 11) is 2.10. The van der Waals surface area contributed by atoms with Crippen LogP contribution in [-0.4, -0.2) is 47.8 Å². The van der Waals surface area contributed by atoms with E-state index >= 15 is 0 Å². The fraction of sp³-hybridized carbons (Fsp3) is 0.333. The molecule has 0 radical (unpaired) electrons. The molecule has 3 aromatic rings. The molecule has 2 amide bonds. The van der Waals surface area contributed by atoms with Gasteiger partial charge in [-0.3, -0.25) is 9.59 Å². The van der Waals surface area contributed by atoms with E-state index in [0.717, 1.165) is 37.3 Å². The molecule has 34 heavy (non-hydrogen) atoms. The average Bonchev–Trinajstić information content (AvgIpc) is 3.37. The monoisotopic (exact) mass is 479 g/mol. The van der Waals surface area contributed by atoms with E-state index < -0.39 is 6.04 Å². The van der Waals surface area contributed by atoms with Crippen LogP contribution in [0.5, 0.6) is 0 Å². The molecule has 6 nitrogen and oxygen atoms in total. The highest BCUT2D eigenvalue weighted by molar-refractivity contribution is 6.33. The van der Waals surface area contributed by atoms with Crippen LogP contribution >= 0.6 is 11.6 Å². The third-order valence-electron chi connectivity index (χ3n) is 6.36. The molecule has 1 unspecified atom stereocenters. The highest BCUT2D eigenvalue weighted by Crippen LogP contribution is 2.25. The number of hydrogen-bond acceptors (Lipinski definition) is 4. The lowest BCUT2D eigenvalue weighted by atomic mass is 9.99. The van der Waals surface area contributed by atoms with Crippen LogP contribution in [0.3, 0.4) is 0 Å². The molecule has 1 aliphatic heterocycles. The zero-order valence-corrected chi connectivity index (χ0v) is 20.1. The second-order valence-electron chi connectivity index (χ2n) is 8.76. The van der Waals surface area contributed by atoms with Crippen LogP contribution in [0, 0.1) is 0 Å². The maximum atomic E-state index is 13.7. The molecule has 0 saturated carbocycles. The van der Waals surface area contributed by atoms with Gasteiger partial charge in [0.05, 0.1) is 35.9 Å². The first-order chi connectivity index (χ1) is 16.5. The Hall–Kier alpha value is -3.09. The Bertz CT molecular complexity index is 1080. The summed E-state index contributed by atoms with van der Waals surface area (Å²) in [4.78, 5) is 31.0. The number of furan rings is 1.